The van der Waals surface area contributed by atoms with Gasteiger partial charge in [-0.05, 0) is 0 Å². The largest absolute Gasteiger partial charge is 0.314 e. The van der Waals surface area contributed by atoms with Crippen molar-refractivity contribution in [3.63, 3.8) is 0 Å². The summed E-state index contributed by atoms with van der Waals surface area (Å²) in [6.45, 7) is 1.42. The van der Waals surface area contributed by atoms with Gasteiger partial charge in [-0.3, -0.25) is 9.36 Å². The first-order valence-corrected chi connectivity index (χ1v) is 6.94. The first-order chi connectivity index (χ1) is 7.49. The molecule has 0 radical (unpaired) electrons. The Morgan fingerprint density at radius 2 is 2.19 bits per heavy atom. The SMILES string of the molecule is CS(=O)(=O)CCNCCn1cnccc1=O. The molecule has 0 saturated carbocycles. The second-order valence-electron chi connectivity index (χ2n) is 3.49. The average Bonchev–Trinajstić information content (AvgIpc) is 2.18. The van der Waals surface area contributed by atoms with E-state index in [2.05, 4.69) is 10.3 Å². The van der Waals surface area contributed by atoms with E-state index in [9.17, 15) is 13.2 Å². The van der Waals surface area contributed by atoms with E-state index in [1.807, 2.05) is 0 Å². The molecule has 0 aliphatic heterocycles. The first kappa shape index (κ1) is 12.9. The Hall–Kier alpha value is -1.21. The van der Waals surface area contributed by atoms with Crippen LogP contribution in [0.25, 0.3) is 0 Å². The topological polar surface area (TPSA) is 81.1 Å². The zero-order valence-corrected chi connectivity index (χ0v) is 9.90. The van der Waals surface area contributed by atoms with Crippen LogP contribution in [0, 0.1) is 0 Å². The summed E-state index contributed by atoms with van der Waals surface area (Å²) in [5.41, 5.74) is -0.111. The van der Waals surface area contributed by atoms with Crippen molar-refractivity contribution in [1.82, 2.24) is 14.9 Å². The van der Waals surface area contributed by atoms with Gasteiger partial charge in [0.1, 0.15) is 9.84 Å². The minimum atomic E-state index is -2.92. The van der Waals surface area contributed by atoms with Crippen LogP contribution in [0.5, 0.6) is 0 Å². The molecular formula is C9H15N3O3S. The molecule has 0 saturated heterocycles. The number of rotatable bonds is 6. The maximum atomic E-state index is 11.2. The van der Waals surface area contributed by atoms with Gasteiger partial charge >= 0.3 is 0 Å². The van der Waals surface area contributed by atoms with Crippen molar-refractivity contribution in [2.24, 2.45) is 0 Å². The first-order valence-electron chi connectivity index (χ1n) is 4.88. The highest BCUT2D eigenvalue weighted by molar-refractivity contribution is 7.90. The summed E-state index contributed by atoms with van der Waals surface area (Å²) in [6, 6.07) is 1.39. The van der Waals surface area contributed by atoms with E-state index in [1.165, 1.54) is 29.4 Å². The molecule has 6 nitrogen and oxygen atoms in total. The van der Waals surface area contributed by atoms with Gasteiger partial charge in [-0.2, -0.15) is 0 Å². The fourth-order valence-electron chi connectivity index (χ4n) is 1.13. The lowest BCUT2D eigenvalue weighted by Crippen LogP contribution is -2.29. The monoisotopic (exact) mass is 245 g/mol. The van der Waals surface area contributed by atoms with Gasteiger partial charge in [0.15, 0.2) is 0 Å². The molecule has 0 aliphatic carbocycles. The van der Waals surface area contributed by atoms with Gasteiger partial charge in [0.2, 0.25) is 0 Å². The Bertz CT molecular complexity index is 481. The molecule has 7 heteroatoms. The second kappa shape index (κ2) is 5.76. The molecule has 1 N–H and O–H groups in total. The molecule has 90 valence electrons. The van der Waals surface area contributed by atoms with Crippen LogP contribution in [0.2, 0.25) is 0 Å². The third-order valence-corrected chi connectivity index (χ3v) is 2.92. The fourth-order valence-corrected chi connectivity index (χ4v) is 1.64. The Morgan fingerprint density at radius 3 is 2.81 bits per heavy atom. The van der Waals surface area contributed by atoms with Crippen LogP contribution in [0.1, 0.15) is 0 Å². The zero-order valence-electron chi connectivity index (χ0n) is 9.09. The van der Waals surface area contributed by atoms with Gasteiger partial charge in [0, 0.05) is 38.2 Å². The quantitative estimate of drug-likeness (QED) is 0.642. The molecule has 0 bridgehead atoms. The Balaban J connectivity index is 2.27. The molecule has 0 unspecified atom stereocenters. The van der Waals surface area contributed by atoms with Crippen molar-refractivity contribution >= 4 is 9.84 Å². The summed E-state index contributed by atoms with van der Waals surface area (Å²) < 4.78 is 23.1. The van der Waals surface area contributed by atoms with Crippen LogP contribution in [0.15, 0.2) is 23.4 Å². The summed E-state index contributed by atoms with van der Waals surface area (Å²) in [5.74, 6) is 0.106. The van der Waals surface area contributed by atoms with Crippen LogP contribution in [0.4, 0.5) is 0 Å². The van der Waals surface area contributed by atoms with Crippen LogP contribution >= 0.6 is 0 Å². The standard InChI is InChI=1S/C9H15N3O3S/c1-16(14,15)7-5-10-4-6-12-8-11-3-2-9(12)13/h2-3,8,10H,4-7H2,1H3. The number of nitrogens with one attached hydrogen (secondary N) is 1. The molecule has 0 amide bonds. The van der Waals surface area contributed by atoms with Crippen LogP contribution in [0.3, 0.4) is 0 Å². The van der Waals surface area contributed by atoms with E-state index in [0.717, 1.165) is 0 Å². The normalized spacial score (nSPS) is 11.6. The number of aromatic nitrogens is 2. The summed E-state index contributed by atoms with van der Waals surface area (Å²) in [5, 5.41) is 2.95. The summed E-state index contributed by atoms with van der Waals surface area (Å²) in [7, 11) is -2.92. The van der Waals surface area contributed by atoms with E-state index in [4.69, 9.17) is 0 Å². The van der Waals surface area contributed by atoms with Crippen molar-refractivity contribution in [3.05, 3.63) is 28.9 Å². The van der Waals surface area contributed by atoms with Crippen molar-refractivity contribution in [1.29, 1.82) is 0 Å². The number of nitrogens with zero attached hydrogens (tertiary/aromatic N) is 2. The van der Waals surface area contributed by atoms with Crippen LogP contribution in [-0.2, 0) is 16.4 Å². The Morgan fingerprint density at radius 1 is 1.44 bits per heavy atom. The molecule has 0 spiro atoms. The molecule has 0 atom stereocenters. The van der Waals surface area contributed by atoms with Crippen molar-refractivity contribution in [3.8, 4) is 0 Å². The van der Waals surface area contributed by atoms with E-state index in [0.29, 0.717) is 19.6 Å². The number of hydrogen-bond donors (Lipinski definition) is 1. The van der Waals surface area contributed by atoms with Gasteiger partial charge in [-0.25, -0.2) is 13.4 Å². The van der Waals surface area contributed by atoms with Crippen molar-refractivity contribution in [2.45, 2.75) is 6.54 Å². The van der Waals surface area contributed by atoms with Gasteiger partial charge in [-0.1, -0.05) is 0 Å². The lowest BCUT2D eigenvalue weighted by Gasteiger charge is -2.05. The molecule has 0 aromatic carbocycles. The Labute approximate surface area is 94.2 Å². The van der Waals surface area contributed by atoms with Gasteiger partial charge in [0.05, 0.1) is 12.1 Å². The summed E-state index contributed by atoms with van der Waals surface area (Å²) in [4.78, 5) is 15.1. The average molecular weight is 245 g/mol. The van der Waals surface area contributed by atoms with E-state index in [-0.39, 0.29) is 11.3 Å². The predicted molar refractivity (Wildman–Crippen MR) is 61.1 cm³/mol. The fraction of sp³-hybridized carbons (Fsp3) is 0.556. The van der Waals surface area contributed by atoms with Gasteiger partial charge < -0.3 is 5.32 Å². The minimum Gasteiger partial charge on any atom is -0.314 e. The third kappa shape index (κ3) is 5.04. The Kier molecular flexibility index (Phi) is 4.63. The lowest BCUT2D eigenvalue weighted by molar-refractivity contribution is 0.577. The number of hydrogen-bond acceptors (Lipinski definition) is 5. The molecule has 0 aliphatic rings. The maximum Gasteiger partial charge on any atom is 0.253 e. The molecule has 1 rings (SSSR count). The highest BCUT2D eigenvalue weighted by Gasteiger charge is 2.00. The highest BCUT2D eigenvalue weighted by atomic mass is 32.2. The summed E-state index contributed by atoms with van der Waals surface area (Å²) in [6.07, 6.45) is 4.09. The smallest absolute Gasteiger partial charge is 0.253 e. The van der Waals surface area contributed by atoms with Gasteiger partial charge in [-0.15, -0.1) is 0 Å². The highest BCUT2D eigenvalue weighted by Crippen LogP contribution is 1.80. The third-order valence-electron chi connectivity index (χ3n) is 1.97. The molecular weight excluding hydrogens is 230 g/mol. The molecule has 0 fully saturated rings. The van der Waals surface area contributed by atoms with Crippen molar-refractivity contribution < 1.29 is 8.42 Å². The van der Waals surface area contributed by atoms with Gasteiger partial charge in [0.25, 0.3) is 5.56 Å². The predicted octanol–water partition coefficient (Wildman–Crippen LogP) is -1.12. The van der Waals surface area contributed by atoms with E-state index < -0.39 is 9.84 Å². The second-order valence-corrected chi connectivity index (χ2v) is 5.75. The van der Waals surface area contributed by atoms with E-state index >= 15 is 0 Å². The van der Waals surface area contributed by atoms with Crippen LogP contribution < -0.4 is 10.9 Å². The maximum absolute atomic E-state index is 11.2. The lowest BCUT2D eigenvalue weighted by atomic mass is 10.5. The molecule has 16 heavy (non-hydrogen) atoms. The molecule has 1 heterocycles. The summed E-state index contributed by atoms with van der Waals surface area (Å²) >= 11 is 0. The van der Waals surface area contributed by atoms with Crippen LogP contribution in [-0.4, -0.2) is 43.1 Å². The minimum absolute atomic E-state index is 0.106. The zero-order chi connectivity index (χ0) is 12.0. The van der Waals surface area contributed by atoms with Crippen molar-refractivity contribution in [2.75, 3.05) is 25.1 Å². The molecule has 1 aromatic rings. The number of sulfone groups is 1. The molecule has 1 aromatic heterocycles. The van der Waals surface area contributed by atoms with E-state index in [1.54, 1.807) is 0 Å².